The van der Waals surface area contributed by atoms with Crippen molar-refractivity contribution in [2.45, 2.75) is 65.2 Å². The van der Waals surface area contributed by atoms with E-state index >= 15 is 0 Å². The standard InChI is InChI=1S/C16H27P.BF4/c1-8-13-10-9-11-14(12-13)17(15(2,3)4)16(5,6)7;2-1(3,4)5/h9-12H,8H2,1-7H3;/q;-1/p+1. The topological polar surface area (TPSA) is 0 Å². The Hall–Kier alpha value is -0.565. The van der Waals surface area contributed by atoms with Gasteiger partial charge in [0.15, 0.2) is 0 Å². The Morgan fingerprint density at radius 2 is 1.32 bits per heavy atom. The van der Waals surface area contributed by atoms with E-state index in [2.05, 4.69) is 72.7 Å². The van der Waals surface area contributed by atoms with Gasteiger partial charge in [0.05, 0.1) is 15.6 Å². The molecule has 1 rings (SSSR count). The van der Waals surface area contributed by atoms with E-state index in [0.717, 1.165) is 6.42 Å². The van der Waals surface area contributed by atoms with Crippen molar-refractivity contribution in [1.82, 2.24) is 0 Å². The van der Waals surface area contributed by atoms with Crippen molar-refractivity contribution < 1.29 is 17.3 Å². The average Bonchev–Trinajstić information content (AvgIpc) is 2.22. The second-order valence-electron chi connectivity index (χ2n) is 7.42. The molecule has 128 valence electrons. The molecule has 0 heterocycles. The van der Waals surface area contributed by atoms with Crippen molar-refractivity contribution >= 4 is 20.5 Å². The van der Waals surface area contributed by atoms with Crippen LogP contribution in [0.15, 0.2) is 24.3 Å². The van der Waals surface area contributed by atoms with Crippen LogP contribution in [0.4, 0.5) is 17.3 Å². The lowest BCUT2D eigenvalue weighted by atomic mass is 10.2. The lowest BCUT2D eigenvalue weighted by molar-refractivity contribution is 0.368. The Kier molecular flexibility index (Phi) is 7.61. The third-order valence-corrected chi connectivity index (χ3v) is 7.01. The minimum Gasteiger partial charge on any atom is -0.418 e. The summed E-state index contributed by atoms with van der Waals surface area (Å²) >= 11 is 0. The van der Waals surface area contributed by atoms with E-state index in [1.54, 1.807) is 5.30 Å². The maximum absolute atomic E-state index is 9.75. The van der Waals surface area contributed by atoms with E-state index < -0.39 is 15.2 Å². The van der Waals surface area contributed by atoms with Gasteiger partial charge in [-0.15, -0.1) is 0 Å². The first-order valence-corrected chi connectivity index (χ1v) is 9.00. The molecule has 22 heavy (non-hydrogen) atoms. The fourth-order valence-corrected chi connectivity index (χ4v) is 7.51. The minimum atomic E-state index is -6.00. The molecule has 0 fully saturated rings. The number of hydrogen-bond donors (Lipinski definition) is 0. The predicted octanol–water partition coefficient (Wildman–Crippen LogP) is 5.99. The van der Waals surface area contributed by atoms with Gasteiger partial charge in [-0.2, -0.15) is 0 Å². The Labute approximate surface area is 133 Å². The molecule has 0 atom stereocenters. The molecule has 0 aromatic heterocycles. The Morgan fingerprint density at radius 3 is 1.64 bits per heavy atom. The first kappa shape index (κ1) is 21.4. The smallest absolute Gasteiger partial charge is 0.418 e. The number of hydrogen-bond acceptors (Lipinski definition) is 0. The Bertz CT molecular complexity index is 438. The summed E-state index contributed by atoms with van der Waals surface area (Å²) in [5.74, 6) is 0. The molecule has 0 bridgehead atoms. The highest BCUT2D eigenvalue weighted by Crippen LogP contribution is 2.58. The SMILES string of the molecule is CCc1cccc([PH+](C(C)(C)C)C(C)(C)C)c1.F[B-](F)(F)F. The van der Waals surface area contributed by atoms with Gasteiger partial charge >= 0.3 is 7.25 Å². The van der Waals surface area contributed by atoms with Crippen LogP contribution < -0.4 is 5.30 Å². The van der Waals surface area contributed by atoms with Crippen molar-refractivity contribution in [3.63, 3.8) is 0 Å². The first-order valence-electron chi connectivity index (χ1n) is 7.50. The third-order valence-electron chi connectivity index (χ3n) is 3.12. The highest BCUT2D eigenvalue weighted by molar-refractivity contribution is 7.68. The molecule has 0 radical (unpaired) electrons. The molecule has 0 unspecified atom stereocenters. The fourth-order valence-electron chi connectivity index (χ4n) is 2.94. The van der Waals surface area contributed by atoms with Gasteiger partial charge in [0.25, 0.3) is 0 Å². The Balaban J connectivity index is 0.000000763. The third kappa shape index (κ3) is 8.78. The normalized spacial score (nSPS) is 12.9. The molecule has 0 aliphatic rings. The fraction of sp³-hybridized carbons (Fsp3) is 0.625. The van der Waals surface area contributed by atoms with Crippen LogP contribution in [0.25, 0.3) is 0 Å². The largest absolute Gasteiger partial charge is 0.673 e. The number of benzene rings is 1. The number of halogens is 4. The average molecular weight is 338 g/mol. The van der Waals surface area contributed by atoms with Crippen molar-refractivity contribution in [2.75, 3.05) is 0 Å². The van der Waals surface area contributed by atoms with Gasteiger partial charge in [0.2, 0.25) is 0 Å². The molecular formula is C16H28BF4P. The lowest BCUT2D eigenvalue weighted by Gasteiger charge is -2.34. The van der Waals surface area contributed by atoms with Gasteiger partial charge < -0.3 is 17.3 Å². The Morgan fingerprint density at radius 1 is 0.909 bits per heavy atom. The van der Waals surface area contributed by atoms with E-state index in [0.29, 0.717) is 10.3 Å². The highest BCUT2D eigenvalue weighted by atomic mass is 31.1. The maximum Gasteiger partial charge on any atom is 0.673 e. The summed E-state index contributed by atoms with van der Waals surface area (Å²) in [4.78, 5) is 0. The van der Waals surface area contributed by atoms with Crippen molar-refractivity contribution in [1.29, 1.82) is 0 Å². The molecule has 0 amide bonds. The van der Waals surface area contributed by atoms with E-state index in [1.807, 2.05) is 0 Å². The summed E-state index contributed by atoms with van der Waals surface area (Å²) in [7, 11) is -6.59. The van der Waals surface area contributed by atoms with Crippen molar-refractivity contribution in [2.24, 2.45) is 0 Å². The molecule has 0 saturated carbocycles. The zero-order chi connectivity index (χ0) is 17.8. The summed E-state index contributed by atoms with van der Waals surface area (Å²) in [6.07, 6.45) is 1.14. The summed E-state index contributed by atoms with van der Waals surface area (Å²) in [5.41, 5.74) is 1.47. The number of rotatable bonds is 2. The van der Waals surface area contributed by atoms with Gasteiger partial charge in [0.1, 0.15) is 0 Å². The van der Waals surface area contributed by atoms with E-state index in [-0.39, 0.29) is 0 Å². The van der Waals surface area contributed by atoms with Crippen LogP contribution in [-0.4, -0.2) is 17.6 Å². The summed E-state index contributed by atoms with van der Waals surface area (Å²) in [5, 5.41) is 2.39. The zero-order valence-electron chi connectivity index (χ0n) is 14.6. The van der Waals surface area contributed by atoms with Crippen molar-refractivity contribution in [3.05, 3.63) is 29.8 Å². The highest BCUT2D eigenvalue weighted by Gasteiger charge is 2.43. The van der Waals surface area contributed by atoms with Crippen LogP contribution in [0.2, 0.25) is 0 Å². The summed E-state index contributed by atoms with van der Waals surface area (Å²) < 4.78 is 39.0. The van der Waals surface area contributed by atoms with Crippen LogP contribution >= 0.6 is 7.92 Å². The molecule has 1 aromatic carbocycles. The van der Waals surface area contributed by atoms with Gasteiger partial charge in [-0.25, -0.2) is 0 Å². The molecule has 6 heteroatoms. The van der Waals surface area contributed by atoms with Crippen LogP contribution in [0.5, 0.6) is 0 Å². The van der Waals surface area contributed by atoms with Gasteiger partial charge in [-0.1, -0.05) is 19.1 Å². The van der Waals surface area contributed by atoms with E-state index in [9.17, 15) is 17.3 Å². The minimum absolute atomic E-state index is 0.398. The molecule has 0 saturated heterocycles. The van der Waals surface area contributed by atoms with E-state index in [4.69, 9.17) is 0 Å². The van der Waals surface area contributed by atoms with Crippen LogP contribution in [0.1, 0.15) is 54.0 Å². The second kappa shape index (κ2) is 7.81. The monoisotopic (exact) mass is 338 g/mol. The predicted molar refractivity (Wildman–Crippen MR) is 93.5 cm³/mol. The molecule has 1 aromatic rings. The number of aryl methyl sites for hydroxylation is 1. The quantitative estimate of drug-likeness (QED) is 0.353. The molecular weight excluding hydrogens is 310 g/mol. The molecule has 0 nitrogen and oxygen atoms in total. The van der Waals surface area contributed by atoms with Gasteiger partial charge in [0, 0.05) is 7.92 Å². The van der Waals surface area contributed by atoms with Gasteiger partial charge in [-0.3, -0.25) is 0 Å². The van der Waals surface area contributed by atoms with Crippen LogP contribution in [-0.2, 0) is 6.42 Å². The maximum atomic E-state index is 9.75. The molecule has 0 aliphatic carbocycles. The van der Waals surface area contributed by atoms with Crippen molar-refractivity contribution in [3.8, 4) is 0 Å². The molecule has 0 aliphatic heterocycles. The van der Waals surface area contributed by atoms with Crippen LogP contribution in [0.3, 0.4) is 0 Å². The molecule has 0 spiro atoms. The van der Waals surface area contributed by atoms with Gasteiger partial charge in [-0.05, 0) is 65.7 Å². The van der Waals surface area contributed by atoms with Crippen LogP contribution in [0, 0.1) is 0 Å². The van der Waals surface area contributed by atoms with E-state index in [1.165, 1.54) is 5.56 Å². The summed E-state index contributed by atoms with van der Waals surface area (Å²) in [6, 6.07) is 9.25. The molecule has 0 N–H and O–H groups in total. The zero-order valence-corrected chi connectivity index (χ0v) is 15.6. The lowest BCUT2D eigenvalue weighted by Crippen LogP contribution is -2.31. The first-order chi connectivity index (χ1) is 9.66. The summed E-state index contributed by atoms with van der Waals surface area (Å²) in [6.45, 7) is 16.6. The second-order valence-corrected chi connectivity index (χ2v) is 11.8.